The first-order valence-electron chi connectivity index (χ1n) is 15.9. The average molecular weight is 585 g/mol. The van der Waals surface area contributed by atoms with Crippen molar-refractivity contribution >= 4 is 18.7 Å². The van der Waals surface area contributed by atoms with E-state index in [1.54, 1.807) is 7.11 Å². The Bertz CT molecular complexity index is 1310. The summed E-state index contributed by atoms with van der Waals surface area (Å²) in [5.41, 5.74) is 2.86. The van der Waals surface area contributed by atoms with Gasteiger partial charge in [-0.05, 0) is 96.3 Å². The van der Waals surface area contributed by atoms with Crippen molar-refractivity contribution in [3.05, 3.63) is 90.0 Å². The van der Waals surface area contributed by atoms with Crippen LogP contribution in [0, 0.1) is 17.8 Å². The van der Waals surface area contributed by atoms with Crippen molar-refractivity contribution < 1.29 is 18.6 Å². The molecule has 1 saturated carbocycles. The van der Waals surface area contributed by atoms with E-state index in [1.165, 1.54) is 21.5 Å². The predicted octanol–water partition coefficient (Wildman–Crippen LogP) is 6.92. The van der Waals surface area contributed by atoms with Crippen molar-refractivity contribution in [1.29, 1.82) is 0 Å². The summed E-state index contributed by atoms with van der Waals surface area (Å²) in [5, 5.41) is 2.67. The fourth-order valence-corrected chi connectivity index (χ4v) is 13.0. The molecule has 1 heterocycles. The molecule has 4 nitrogen and oxygen atoms in total. The van der Waals surface area contributed by atoms with Crippen LogP contribution in [0.4, 0.5) is 0 Å². The largest absolute Gasteiger partial charge is 0.496 e. The zero-order valence-corrected chi connectivity index (χ0v) is 27.3. The summed E-state index contributed by atoms with van der Waals surface area (Å²) in [6.07, 6.45) is 5.67. The lowest BCUT2D eigenvalue weighted by atomic mass is 9.73. The monoisotopic (exact) mass is 584 g/mol. The number of methoxy groups -OCH3 is 1. The zero-order valence-electron chi connectivity index (χ0n) is 26.3. The Morgan fingerprint density at radius 2 is 1.52 bits per heavy atom. The first-order valence-corrected chi connectivity index (χ1v) is 17.8. The predicted molar refractivity (Wildman–Crippen MR) is 172 cm³/mol. The van der Waals surface area contributed by atoms with Crippen molar-refractivity contribution in [3.63, 3.8) is 0 Å². The highest BCUT2D eigenvalue weighted by Gasteiger charge is 2.55. The first kappa shape index (κ1) is 29.6. The number of benzene rings is 3. The van der Waals surface area contributed by atoms with Crippen LogP contribution in [0.25, 0.3) is 0 Å². The van der Waals surface area contributed by atoms with Gasteiger partial charge in [-0.15, -0.1) is 0 Å². The molecular weight excluding hydrogens is 536 g/mol. The maximum Gasteiger partial charge on any atom is 0.261 e. The summed E-state index contributed by atoms with van der Waals surface area (Å²) >= 11 is 0. The normalized spacial score (nSPS) is 27.0. The summed E-state index contributed by atoms with van der Waals surface area (Å²) in [7, 11) is -0.877. The highest BCUT2D eigenvalue weighted by Crippen LogP contribution is 2.51. The molecule has 5 atom stereocenters. The van der Waals surface area contributed by atoms with E-state index in [9.17, 15) is 0 Å². The molecule has 0 radical (unpaired) electrons. The van der Waals surface area contributed by atoms with Gasteiger partial charge in [0.2, 0.25) is 0 Å². The van der Waals surface area contributed by atoms with Gasteiger partial charge in [-0.3, -0.25) is 0 Å². The van der Waals surface area contributed by atoms with Crippen LogP contribution in [0.1, 0.15) is 65.0 Å². The molecule has 0 bridgehead atoms. The van der Waals surface area contributed by atoms with E-state index in [0.29, 0.717) is 24.4 Å². The van der Waals surface area contributed by atoms with Gasteiger partial charge in [0.25, 0.3) is 8.32 Å². The molecule has 0 aromatic heterocycles. The Balaban J connectivity index is 1.39. The van der Waals surface area contributed by atoms with Crippen molar-refractivity contribution in [2.45, 2.75) is 89.8 Å². The molecule has 1 unspecified atom stereocenters. The molecule has 3 aromatic rings. The van der Waals surface area contributed by atoms with Gasteiger partial charge in [0, 0.05) is 6.10 Å². The lowest BCUT2D eigenvalue weighted by Crippen LogP contribution is -2.68. The first-order chi connectivity index (χ1) is 20.1. The Morgan fingerprint density at radius 3 is 2.10 bits per heavy atom. The Morgan fingerprint density at radius 1 is 0.857 bits per heavy atom. The van der Waals surface area contributed by atoms with Crippen LogP contribution in [0.15, 0.2) is 78.9 Å². The highest BCUT2D eigenvalue weighted by atomic mass is 28.4. The quantitative estimate of drug-likeness (QED) is 0.269. The molecule has 0 N–H and O–H groups in total. The standard InChI is InChI=1S/C37H48O4Si/c1-36(2,3)42(29-15-9-7-10-16-29,30-17-11-8-12-18-30)41-35-24-27-23-33-26(14-13-19-34(33)38-6)22-32(27)31(35)21-20-28-25-39-37(4,5)40-28/h7-19,27-28,31-32,35H,20-25H2,1-6H3/t27-,28?,31+,32-,35+/m0/s1. The lowest BCUT2D eigenvalue weighted by molar-refractivity contribution is -0.139. The third-order valence-electron chi connectivity index (χ3n) is 10.2. The van der Waals surface area contributed by atoms with Crippen LogP contribution < -0.4 is 15.1 Å². The molecule has 6 rings (SSSR count). The van der Waals surface area contributed by atoms with E-state index < -0.39 is 14.1 Å². The number of hydrogen-bond acceptors (Lipinski definition) is 4. The third-order valence-corrected chi connectivity index (χ3v) is 15.2. The smallest absolute Gasteiger partial charge is 0.261 e. The Labute approximate surface area is 253 Å². The fraction of sp³-hybridized carbons (Fsp3) is 0.514. The summed E-state index contributed by atoms with van der Waals surface area (Å²) in [6, 6.07) is 28.8. The minimum Gasteiger partial charge on any atom is -0.496 e. The van der Waals surface area contributed by atoms with Gasteiger partial charge in [0.1, 0.15) is 5.75 Å². The second-order valence-electron chi connectivity index (χ2n) is 14.2. The number of rotatable bonds is 8. The number of fused-ring (bicyclic) bond motifs is 2. The van der Waals surface area contributed by atoms with E-state index in [4.69, 9.17) is 18.6 Å². The average Bonchev–Trinajstić information content (AvgIpc) is 3.50. The number of ether oxygens (including phenoxy) is 3. The van der Waals surface area contributed by atoms with Crippen molar-refractivity contribution in [3.8, 4) is 5.75 Å². The summed E-state index contributed by atoms with van der Waals surface area (Å²) in [5.74, 6) is 2.18. The summed E-state index contributed by atoms with van der Waals surface area (Å²) in [4.78, 5) is 0. The van der Waals surface area contributed by atoms with Gasteiger partial charge in [0.15, 0.2) is 5.79 Å². The fourth-order valence-electron chi connectivity index (χ4n) is 8.30. The molecule has 1 aliphatic heterocycles. The zero-order chi connectivity index (χ0) is 29.5. The van der Waals surface area contributed by atoms with E-state index in [2.05, 4.69) is 99.6 Å². The Kier molecular flexibility index (Phi) is 8.16. The van der Waals surface area contributed by atoms with Crippen molar-refractivity contribution in [2.75, 3.05) is 13.7 Å². The van der Waals surface area contributed by atoms with Crippen LogP contribution in [-0.2, 0) is 26.7 Å². The summed E-state index contributed by atoms with van der Waals surface area (Å²) in [6.45, 7) is 11.9. The topological polar surface area (TPSA) is 36.9 Å². The van der Waals surface area contributed by atoms with E-state index >= 15 is 0 Å². The van der Waals surface area contributed by atoms with Crippen LogP contribution in [0.2, 0.25) is 5.04 Å². The maximum absolute atomic E-state index is 7.89. The molecule has 224 valence electrons. The third kappa shape index (κ3) is 5.50. The van der Waals surface area contributed by atoms with Crippen LogP contribution in [0.5, 0.6) is 5.75 Å². The molecule has 0 spiro atoms. The highest BCUT2D eigenvalue weighted by molar-refractivity contribution is 6.99. The van der Waals surface area contributed by atoms with Crippen molar-refractivity contribution in [2.24, 2.45) is 17.8 Å². The summed E-state index contributed by atoms with van der Waals surface area (Å²) < 4.78 is 26.0. The molecule has 5 heteroatoms. The second-order valence-corrected chi connectivity index (χ2v) is 18.4. The van der Waals surface area contributed by atoms with E-state index in [0.717, 1.165) is 37.9 Å². The SMILES string of the molecule is COc1cccc2c1C[C@H]1C[C@@H](O[Si](c3ccccc3)(c3ccccc3)C(C)(C)C)[C@H](CCC3COC(C)(C)O3)[C@H]1C2. The van der Waals surface area contributed by atoms with Gasteiger partial charge in [-0.1, -0.05) is 93.6 Å². The van der Waals surface area contributed by atoms with Gasteiger partial charge in [-0.25, -0.2) is 0 Å². The molecule has 0 amide bonds. The molecule has 2 aliphatic carbocycles. The number of hydrogen-bond donors (Lipinski definition) is 0. The van der Waals surface area contributed by atoms with Crippen LogP contribution in [0.3, 0.4) is 0 Å². The molecule has 3 aromatic carbocycles. The molecular formula is C37H48O4Si. The minimum absolute atomic E-state index is 0.0490. The van der Waals surface area contributed by atoms with Gasteiger partial charge in [-0.2, -0.15) is 0 Å². The molecule has 3 aliphatic rings. The molecule has 42 heavy (non-hydrogen) atoms. The van der Waals surface area contributed by atoms with Crippen LogP contribution >= 0.6 is 0 Å². The lowest BCUT2D eigenvalue weighted by Gasteiger charge is -2.46. The van der Waals surface area contributed by atoms with Gasteiger partial charge in [0.05, 0.1) is 19.8 Å². The van der Waals surface area contributed by atoms with E-state index in [1.807, 2.05) is 13.8 Å². The molecule has 2 fully saturated rings. The van der Waals surface area contributed by atoms with Gasteiger partial charge >= 0.3 is 0 Å². The van der Waals surface area contributed by atoms with Crippen molar-refractivity contribution in [1.82, 2.24) is 0 Å². The maximum atomic E-state index is 7.89. The molecule has 1 saturated heterocycles. The minimum atomic E-state index is -2.68. The van der Waals surface area contributed by atoms with Crippen LogP contribution in [-0.4, -0.2) is 40.0 Å². The van der Waals surface area contributed by atoms with E-state index in [-0.39, 0.29) is 17.2 Å². The second kappa shape index (κ2) is 11.6. The Hall–Kier alpha value is -2.44. The van der Waals surface area contributed by atoms with Gasteiger partial charge < -0.3 is 18.6 Å².